The Balaban J connectivity index is 2.41. The van der Waals surface area contributed by atoms with Crippen LogP contribution in [0.25, 0.3) is 0 Å². The Hall–Kier alpha value is -0.470. The predicted molar refractivity (Wildman–Crippen MR) is 60.5 cm³/mol. The molecule has 13 heavy (non-hydrogen) atoms. The molecule has 0 bridgehead atoms. The number of aryl methyl sites for hydroxylation is 1. The van der Waals surface area contributed by atoms with Crippen molar-refractivity contribution in [1.82, 2.24) is 4.90 Å². The molecule has 1 rings (SSSR count). The van der Waals surface area contributed by atoms with Gasteiger partial charge >= 0.3 is 0 Å². The summed E-state index contributed by atoms with van der Waals surface area (Å²) in [6.45, 7) is 3.30. The van der Waals surface area contributed by atoms with Crippen LogP contribution in [0.3, 0.4) is 0 Å². The van der Waals surface area contributed by atoms with Crippen LogP contribution < -0.4 is 0 Å². The van der Waals surface area contributed by atoms with Crippen LogP contribution in [0.15, 0.2) is 29.2 Å². The van der Waals surface area contributed by atoms with Gasteiger partial charge in [0.05, 0.1) is 0 Å². The molecule has 1 nitrogen and oxygen atoms in total. The molecule has 1 aromatic rings. The molecule has 0 aromatic heterocycles. The van der Waals surface area contributed by atoms with Gasteiger partial charge in [0.1, 0.15) is 0 Å². The second-order valence-electron chi connectivity index (χ2n) is 3.42. The fourth-order valence-corrected chi connectivity index (χ4v) is 2.20. The topological polar surface area (TPSA) is 3.24 Å². The monoisotopic (exact) mass is 195 g/mol. The molecule has 0 N–H and O–H groups in total. The van der Waals surface area contributed by atoms with Crippen molar-refractivity contribution in [1.29, 1.82) is 0 Å². The van der Waals surface area contributed by atoms with Crippen LogP contribution in [0, 0.1) is 6.92 Å². The summed E-state index contributed by atoms with van der Waals surface area (Å²) >= 11 is 1.93. The summed E-state index contributed by atoms with van der Waals surface area (Å²) in [6.07, 6.45) is 0. The minimum Gasteiger partial charge on any atom is -0.309 e. The standard InChI is InChI=1S/C11H17NS/c1-10-6-4-5-7-11(10)13-9-8-12(2)3/h4-7H,8-9H2,1-3H3. The van der Waals surface area contributed by atoms with Crippen molar-refractivity contribution >= 4 is 11.8 Å². The lowest BCUT2D eigenvalue weighted by atomic mass is 10.2. The first-order valence-electron chi connectivity index (χ1n) is 4.53. The van der Waals surface area contributed by atoms with Crippen LogP contribution in [-0.2, 0) is 0 Å². The maximum atomic E-state index is 2.21. The van der Waals surface area contributed by atoms with Crippen LogP contribution in [0.1, 0.15) is 5.56 Å². The molecule has 1 aromatic carbocycles. The van der Waals surface area contributed by atoms with E-state index in [1.165, 1.54) is 10.5 Å². The Labute approximate surface area is 85.1 Å². The first-order chi connectivity index (χ1) is 6.20. The second kappa shape index (κ2) is 5.30. The summed E-state index contributed by atoms with van der Waals surface area (Å²) in [7, 11) is 4.22. The van der Waals surface area contributed by atoms with E-state index in [1.807, 2.05) is 11.8 Å². The summed E-state index contributed by atoms with van der Waals surface area (Å²) in [5.74, 6) is 1.16. The quantitative estimate of drug-likeness (QED) is 0.680. The van der Waals surface area contributed by atoms with Crippen LogP contribution in [0.2, 0.25) is 0 Å². The molecule has 0 saturated heterocycles. The first-order valence-corrected chi connectivity index (χ1v) is 5.52. The van der Waals surface area contributed by atoms with Crippen LogP contribution in [0.5, 0.6) is 0 Å². The van der Waals surface area contributed by atoms with Crippen molar-refractivity contribution in [3.8, 4) is 0 Å². The zero-order valence-corrected chi connectivity index (χ0v) is 9.40. The number of hydrogen-bond donors (Lipinski definition) is 0. The normalized spacial score (nSPS) is 10.8. The van der Waals surface area contributed by atoms with Gasteiger partial charge in [-0.25, -0.2) is 0 Å². The zero-order valence-electron chi connectivity index (χ0n) is 8.58. The minimum atomic E-state index is 1.14. The molecule has 0 heterocycles. The lowest BCUT2D eigenvalue weighted by Crippen LogP contribution is -2.14. The first kappa shape index (κ1) is 10.6. The summed E-state index contributed by atoms with van der Waals surface area (Å²) in [5, 5.41) is 0. The van der Waals surface area contributed by atoms with Crippen molar-refractivity contribution in [3.63, 3.8) is 0 Å². The van der Waals surface area contributed by atoms with E-state index in [1.54, 1.807) is 0 Å². The maximum absolute atomic E-state index is 2.21. The summed E-state index contributed by atoms with van der Waals surface area (Å²) < 4.78 is 0. The highest BCUT2D eigenvalue weighted by molar-refractivity contribution is 7.99. The fourth-order valence-electron chi connectivity index (χ4n) is 1.06. The van der Waals surface area contributed by atoms with Gasteiger partial charge in [-0.1, -0.05) is 18.2 Å². The molecule has 0 aliphatic heterocycles. The Morgan fingerprint density at radius 2 is 1.92 bits per heavy atom. The van der Waals surface area contributed by atoms with E-state index in [0.29, 0.717) is 0 Å². The molecule has 0 aliphatic carbocycles. The van der Waals surface area contributed by atoms with Crippen molar-refractivity contribution in [2.24, 2.45) is 0 Å². The van der Waals surface area contributed by atoms with Gasteiger partial charge in [0.15, 0.2) is 0 Å². The number of thioether (sulfide) groups is 1. The smallest absolute Gasteiger partial charge is 0.0108 e. The van der Waals surface area contributed by atoms with Gasteiger partial charge in [-0.2, -0.15) is 0 Å². The molecule has 0 fully saturated rings. The third-order valence-electron chi connectivity index (χ3n) is 1.89. The highest BCUT2D eigenvalue weighted by Crippen LogP contribution is 2.21. The highest BCUT2D eigenvalue weighted by Gasteiger charge is 1.97. The molecule has 72 valence electrons. The number of benzene rings is 1. The molecular weight excluding hydrogens is 178 g/mol. The molecule has 0 saturated carbocycles. The molecule has 2 heteroatoms. The van der Waals surface area contributed by atoms with Crippen LogP contribution in [-0.4, -0.2) is 31.3 Å². The number of nitrogens with zero attached hydrogens (tertiary/aromatic N) is 1. The Kier molecular flexibility index (Phi) is 4.33. The van der Waals surface area contributed by atoms with Crippen molar-refractivity contribution in [2.45, 2.75) is 11.8 Å². The molecule has 0 spiro atoms. The molecule has 0 unspecified atom stereocenters. The Morgan fingerprint density at radius 3 is 2.54 bits per heavy atom. The summed E-state index contributed by atoms with van der Waals surface area (Å²) in [5.41, 5.74) is 1.38. The van der Waals surface area contributed by atoms with Crippen molar-refractivity contribution in [3.05, 3.63) is 29.8 Å². The maximum Gasteiger partial charge on any atom is 0.0108 e. The lowest BCUT2D eigenvalue weighted by Gasteiger charge is -2.09. The minimum absolute atomic E-state index is 1.14. The average molecular weight is 195 g/mol. The van der Waals surface area contributed by atoms with Gasteiger partial charge in [-0.3, -0.25) is 0 Å². The molecule has 0 aliphatic rings. The van der Waals surface area contributed by atoms with E-state index < -0.39 is 0 Å². The van der Waals surface area contributed by atoms with Gasteiger partial charge in [-0.15, -0.1) is 11.8 Å². The van der Waals surface area contributed by atoms with E-state index in [0.717, 1.165) is 12.3 Å². The molecule has 0 radical (unpaired) electrons. The third kappa shape index (κ3) is 3.83. The number of rotatable bonds is 4. The SMILES string of the molecule is Cc1ccccc1SCCN(C)C. The molecular formula is C11H17NS. The second-order valence-corrected chi connectivity index (χ2v) is 4.55. The van der Waals surface area contributed by atoms with E-state index in [4.69, 9.17) is 0 Å². The fraction of sp³-hybridized carbons (Fsp3) is 0.455. The molecule has 0 atom stereocenters. The van der Waals surface area contributed by atoms with Gasteiger partial charge in [0.25, 0.3) is 0 Å². The summed E-state index contributed by atoms with van der Waals surface area (Å²) in [6, 6.07) is 8.55. The van der Waals surface area contributed by atoms with E-state index in [-0.39, 0.29) is 0 Å². The average Bonchev–Trinajstić information content (AvgIpc) is 2.08. The predicted octanol–water partition coefficient (Wildman–Crippen LogP) is 2.65. The van der Waals surface area contributed by atoms with Crippen molar-refractivity contribution < 1.29 is 0 Å². The van der Waals surface area contributed by atoms with E-state index in [2.05, 4.69) is 50.2 Å². The summed E-state index contributed by atoms with van der Waals surface area (Å²) in [4.78, 5) is 3.62. The highest BCUT2D eigenvalue weighted by atomic mass is 32.2. The van der Waals surface area contributed by atoms with Gasteiger partial charge in [-0.05, 0) is 32.6 Å². The van der Waals surface area contributed by atoms with Crippen molar-refractivity contribution in [2.75, 3.05) is 26.4 Å². The largest absolute Gasteiger partial charge is 0.309 e. The number of hydrogen-bond acceptors (Lipinski definition) is 2. The van der Waals surface area contributed by atoms with Gasteiger partial charge in [0.2, 0.25) is 0 Å². The Morgan fingerprint density at radius 1 is 1.23 bits per heavy atom. The van der Waals surface area contributed by atoms with Crippen LogP contribution >= 0.6 is 11.8 Å². The van der Waals surface area contributed by atoms with E-state index >= 15 is 0 Å². The van der Waals surface area contributed by atoms with Gasteiger partial charge < -0.3 is 4.90 Å². The van der Waals surface area contributed by atoms with Crippen LogP contribution in [0.4, 0.5) is 0 Å². The van der Waals surface area contributed by atoms with Gasteiger partial charge in [0, 0.05) is 17.2 Å². The zero-order chi connectivity index (χ0) is 9.68. The third-order valence-corrected chi connectivity index (χ3v) is 3.05. The lowest BCUT2D eigenvalue weighted by molar-refractivity contribution is 0.437. The van der Waals surface area contributed by atoms with E-state index in [9.17, 15) is 0 Å². The molecule has 0 amide bonds. The Bertz CT molecular complexity index is 258.